The zero-order chi connectivity index (χ0) is 24.3. The van der Waals surface area contributed by atoms with Crippen molar-refractivity contribution in [2.45, 2.75) is 38.1 Å². The molecule has 1 aliphatic heterocycles. The summed E-state index contributed by atoms with van der Waals surface area (Å²) < 4.78 is 27.4. The Balaban J connectivity index is 1.66. The number of fused-ring (bicyclic) bond motifs is 1. The number of anilines is 1. The van der Waals surface area contributed by atoms with Crippen LogP contribution >= 0.6 is 0 Å². The summed E-state index contributed by atoms with van der Waals surface area (Å²) in [7, 11) is -3.71. The summed E-state index contributed by atoms with van der Waals surface area (Å²) in [6.07, 6.45) is 2.30. The Morgan fingerprint density at radius 3 is 2.47 bits per heavy atom. The average molecular weight is 483 g/mol. The normalized spacial score (nSPS) is 14.1. The number of para-hydroxylation sites is 1. The maximum atomic E-state index is 13.2. The van der Waals surface area contributed by atoms with Gasteiger partial charge in [-0.25, -0.2) is 8.42 Å². The third-order valence-electron chi connectivity index (χ3n) is 6.28. The number of aromatic amines is 1. The Hall–Kier alpha value is -3.17. The minimum atomic E-state index is -3.71. The van der Waals surface area contributed by atoms with Crippen LogP contribution in [-0.4, -0.2) is 49.8 Å². The van der Waals surface area contributed by atoms with Crippen molar-refractivity contribution in [2.24, 2.45) is 0 Å². The Bertz CT molecular complexity index is 1360. The molecule has 0 spiro atoms. The number of amides is 1. The van der Waals surface area contributed by atoms with Crippen LogP contribution in [0.4, 0.5) is 5.69 Å². The third-order valence-corrected chi connectivity index (χ3v) is 8.33. The van der Waals surface area contributed by atoms with Crippen LogP contribution in [0.15, 0.2) is 58.2 Å². The van der Waals surface area contributed by atoms with Crippen molar-refractivity contribution < 1.29 is 13.2 Å². The van der Waals surface area contributed by atoms with Crippen LogP contribution in [0.1, 0.15) is 42.6 Å². The van der Waals surface area contributed by atoms with Crippen molar-refractivity contribution in [1.29, 1.82) is 0 Å². The zero-order valence-corrected chi connectivity index (χ0v) is 20.3. The number of pyridine rings is 1. The van der Waals surface area contributed by atoms with Crippen LogP contribution in [0.5, 0.6) is 0 Å². The SMILES string of the molecule is CCN(CC)S(=O)(=O)c1ccc2[nH]c(=O)cc(C(=O)NCc3ccccc3N3CCCC3)c2c1. The summed E-state index contributed by atoms with van der Waals surface area (Å²) in [6, 6.07) is 13.6. The van der Waals surface area contributed by atoms with Gasteiger partial charge in [-0.3, -0.25) is 9.59 Å². The fraction of sp³-hybridized carbons (Fsp3) is 0.360. The van der Waals surface area contributed by atoms with E-state index in [4.69, 9.17) is 0 Å². The van der Waals surface area contributed by atoms with Gasteiger partial charge >= 0.3 is 0 Å². The highest BCUT2D eigenvalue weighted by atomic mass is 32.2. The predicted octanol–water partition coefficient (Wildman–Crippen LogP) is 3.09. The summed E-state index contributed by atoms with van der Waals surface area (Å²) in [5, 5.41) is 3.31. The van der Waals surface area contributed by atoms with Crippen molar-refractivity contribution in [3.8, 4) is 0 Å². The lowest BCUT2D eigenvalue weighted by Gasteiger charge is -2.21. The quantitative estimate of drug-likeness (QED) is 0.514. The number of aromatic nitrogens is 1. The van der Waals surface area contributed by atoms with E-state index < -0.39 is 21.5 Å². The average Bonchev–Trinajstić information content (AvgIpc) is 3.37. The van der Waals surface area contributed by atoms with Gasteiger partial charge < -0.3 is 15.2 Å². The first kappa shape index (κ1) is 24.0. The number of rotatable bonds is 8. The molecule has 34 heavy (non-hydrogen) atoms. The smallest absolute Gasteiger partial charge is 0.252 e. The Labute approximate surface area is 199 Å². The highest BCUT2D eigenvalue weighted by Gasteiger charge is 2.23. The summed E-state index contributed by atoms with van der Waals surface area (Å²) in [4.78, 5) is 30.5. The maximum Gasteiger partial charge on any atom is 0.252 e. The van der Waals surface area contributed by atoms with E-state index >= 15 is 0 Å². The summed E-state index contributed by atoms with van der Waals surface area (Å²) in [5.41, 5.74) is 2.23. The molecule has 1 saturated heterocycles. The van der Waals surface area contributed by atoms with Crippen molar-refractivity contribution >= 4 is 32.5 Å². The second-order valence-corrected chi connectivity index (χ2v) is 10.3. The van der Waals surface area contributed by atoms with Crippen molar-refractivity contribution in [1.82, 2.24) is 14.6 Å². The van der Waals surface area contributed by atoms with E-state index in [2.05, 4.69) is 21.3 Å². The molecular formula is C25H30N4O4S. The molecule has 0 saturated carbocycles. The van der Waals surface area contributed by atoms with Gasteiger partial charge in [0.2, 0.25) is 15.6 Å². The Morgan fingerprint density at radius 1 is 1.06 bits per heavy atom. The highest BCUT2D eigenvalue weighted by Crippen LogP contribution is 2.25. The number of hydrogen-bond donors (Lipinski definition) is 2. The molecule has 1 fully saturated rings. The van der Waals surface area contributed by atoms with E-state index in [1.54, 1.807) is 13.8 Å². The lowest BCUT2D eigenvalue weighted by Crippen LogP contribution is -2.30. The number of nitrogens with zero attached hydrogens (tertiary/aromatic N) is 2. The number of hydrogen-bond acceptors (Lipinski definition) is 5. The van der Waals surface area contributed by atoms with Gasteiger partial charge in [0.15, 0.2) is 0 Å². The first-order valence-corrected chi connectivity index (χ1v) is 13.1. The fourth-order valence-corrected chi connectivity index (χ4v) is 5.98. The number of nitrogens with one attached hydrogen (secondary N) is 2. The number of H-pyrrole nitrogens is 1. The van der Waals surface area contributed by atoms with E-state index in [9.17, 15) is 18.0 Å². The second-order valence-electron chi connectivity index (χ2n) is 8.35. The van der Waals surface area contributed by atoms with E-state index in [0.29, 0.717) is 30.5 Å². The largest absolute Gasteiger partial charge is 0.371 e. The van der Waals surface area contributed by atoms with Crippen molar-refractivity contribution in [3.05, 3.63) is 70.0 Å². The van der Waals surface area contributed by atoms with Crippen LogP contribution in [-0.2, 0) is 16.6 Å². The van der Waals surface area contributed by atoms with Gasteiger partial charge in [-0.2, -0.15) is 4.31 Å². The fourth-order valence-electron chi connectivity index (χ4n) is 4.49. The van der Waals surface area contributed by atoms with Crippen LogP contribution in [0.25, 0.3) is 10.9 Å². The number of carbonyl (C=O) groups is 1. The molecule has 180 valence electrons. The number of sulfonamides is 1. The van der Waals surface area contributed by atoms with Gasteiger partial charge in [-0.15, -0.1) is 0 Å². The van der Waals surface area contributed by atoms with Crippen LogP contribution in [0.2, 0.25) is 0 Å². The standard InChI is InChI=1S/C25H30N4O4S/c1-3-29(4-2)34(32,33)19-11-12-22-20(15-19)21(16-24(30)27-22)25(31)26-17-18-9-5-6-10-23(18)28-13-7-8-14-28/h5-6,9-12,15-16H,3-4,7-8,13-14,17H2,1-2H3,(H,26,31)(H,27,30). The number of benzene rings is 2. The van der Waals surface area contributed by atoms with E-state index in [1.807, 2.05) is 18.2 Å². The molecule has 2 aromatic carbocycles. The molecule has 4 rings (SSSR count). The molecule has 0 radical (unpaired) electrons. The van der Waals surface area contributed by atoms with Crippen LogP contribution < -0.4 is 15.8 Å². The highest BCUT2D eigenvalue weighted by molar-refractivity contribution is 7.89. The molecule has 1 amide bonds. The lowest BCUT2D eigenvalue weighted by molar-refractivity contribution is 0.0952. The Kier molecular flexibility index (Phi) is 7.04. The van der Waals surface area contributed by atoms with Crippen LogP contribution in [0.3, 0.4) is 0 Å². The van der Waals surface area contributed by atoms with Crippen LogP contribution in [0, 0.1) is 0 Å². The minimum Gasteiger partial charge on any atom is -0.371 e. The topological polar surface area (TPSA) is 103 Å². The molecule has 8 nitrogen and oxygen atoms in total. The van der Waals surface area contributed by atoms with Crippen molar-refractivity contribution in [3.63, 3.8) is 0 Å². The molecule has 9 heteroatoms. The molecule has 3 aromatic rings. The summed E-state index contributed by atoms with van der Waals surface area (Å²) >= 11 is 0. The van der Waals surface area contributed by atoms with Gasteiger partial charge in [-0.05, 0) is 42.7 Å². The summed E-state index contributed by atoms with van der Waals surface area (Å²) in [6.45, 7) is 6.52. The molecule has 0 atom stereocenters. The number of carbonyl (C=O) groups excluding carboxylic acids is 1. The molecule has 1 aliphatic rings. The lowest BCUT2D eigenvalue weighted by atomic mass is 10.1. The Morgan fingerprint density at radius 2 is 1.76 bits per heavy atom. The van der Waals surface area contributed by atoms with Gasteiger partial charge in [0.25, 0.3) is 5.91 Å². The third kappa shape index (κ3) is 4.71. The van der Waals surface area contributed by atoms with Gasteiger partial charge in [0.1, 0.15) is 0 Å². The predicted molar refractivity (Wildman–Crippen MR) is 134 cm³/mol. The molecule has 2 heterocycles. The van der Waals surface area contributed by atoms with Crippen molar-refractivity contribution in [2.75, 3.05) is 31.1 Å². The molecule has 0 bridgehead atoms. The van der Waals surface area contributed by atoms with Gasteiger partial charge in [0.05, 0.1) is 10.5 Å². The summed E-state index contributed by atoms with van der Waals surface area (Å²) in [5.74, 6) is -0.426. The zero-order valence-electron chi connectivity index (χ0n) is 19.5. The minimum absolute atomic E-state index is 0.0872. The molecule has 0 unspecified atom stereocenters. The first-order valence-electron chi connectivity index (χ1n) is 11.6. The monoisotopic (exact) mass is 482 g/mol. The van der Waals surface area contributed by atoms with E-state index in [1.165, 1.54) is 28.6 Å². The van der Waals surface area contributed by atoms with E-state index in [0.717, 1.165) is 37.2 Å². The second kappa shape index (κ2) is 9.99. The van der Waals surface area contributed by atoms with Gasteiger partial charge in [-0.1, -0.05) is 32.0 Å². The molecule has 2 N–H and O–H groups in total. The molecular weight excluding hydrogens is 452 g/mol. The van der Waals surface area contributed by atoms with E-state index in [-0.39, 0.29) is 10.5 Å². The van der Waals surface area contributed by atoms with Gasteiger partial charge in [0, 0.05) is 55.4 Å². The first-order chi connectivity index (χ1) is 16.3. The maximum absolute atomic E-state index is 13.2. The molecule has 1 aromatic heterocycles. The molecule has 0 aliphatic carbocycles.